The number of hydrogen-bond donors (Lipinski definition) is 1. The lowest BCUT2D eigenvalue weighted by Crippen LogP contribution is -2.28. The van der Waals surface area contributed by atoms with E-state index in [-0.39, 0.29) is 6.04 Å². The molecule has 0 spiro atoms. The van der Waals surface area contributed by atoms with Crippen LogP contribution in [0.5, 0.6) is 0 Å². The maximum Gasteiger partial charge on any atom is 0.156 e. The highest BCUT2D eigenvalue weighted by Gasteiger charge is 2.31. The Morgan fingerprint density at radius 2 is 1.30 bits per heavy atom. The minimum absolute atomic E-state index is 0.270. The van der Waals surface area contributed by atoms with Gasteiger partial charge in [-0.3, -0.25) is 0 Å². The van der Waals surface area contributed by atoms with Gasteiger partial charge in [0.2, 0.25) is 0 Å². The van der Waals surface area contributed by atoms with Gasteiger partial charge in [-0.2, -0.15) is 0 Å². The Kier molecular flexibility index (Phi) is 4.57. The number of benzene rings is 2. The maximum atomic E-state index is 12.3. The molecule has 2 unspecified atom stereocenters. The van der Waals surface area contributed by atoms with Crippen molar-refractivity contribution in [2.45, 2.75) is 11.3 Å². The first-order chi connectivity index (χ1) is 9.54. The monoisotopic (exact) mass is 289 g/mol. The lowest BCUT2D eigenvalue weighted by Gasteiger charge is -2.26. The molecule has 0 heterocycles. The van der Waals surface area contributed by atoms with Crippen molar-refractivity contribution in [3.8, 4) is 0 Å². The van der Waals surface area contributed by atoms with Gasteiger partial charge in [-0.15, -0.1) is 0 Å². The Balaban J connectivity index is 2.51. The van der Waals surface area contributed by atoms with Gasteiger partial charge in [0.25, 0.3) is 0 Å². The van der Waals surface area contributed by atoms with E-state index in [0.717, 1.165) is 11.1 Å². The van der Waals surface area contributed by atoms with Gasteiger partial charge in [0.05, 0.1) is 6.04 Å². The van der Waals surface area contributed by atoms with E-state index in [2.05, 4.69) is 5.32 Å². The van der Waals surface area contributed by atoms with Crippen LogP contribution in [0.3, 0.4) is 0 Å². The zero-order valence-electron chi connectivity index (χ0n) is 11.7. The van der Waals surface area contributed by atoms with Crippen LogP contribution in [0.4, 0.5) is 0 Å². The number of sulfone groups is 1. The van der Waals surface area contributed by atoms with Crippen molar-refractivity contribution in [2.24, 2.45) is 0 Å². The first-order valence-corrected chi connectivity index (χ1v) is 8.45. The van der Waals surface area contributed by atoms with Gasteiger partial charge >= 0.3 is 0 Å². The fourth-order valence-electron chi connectivity index (χ4n) is 2.48. The molecule has 0 radical (unpaired) electrons. The number of likely N-dealkylation sites (N-methyl/N-ethyl adjacent to an activating group) is 1. The molecule has 0 fully saturated rings. The van der Waals surface area contributed by atoms with E-state index in [1.54, 1.807) is 7.05 Å². The summed E-state index contributed by atoms with van der Waals surface area (Å²) in [5.74, 6) is 0. The molecule has 2 rings (SSSR count). The van der Waals surface area contributed by atoms with Crippen LogP contribution in [0.25, 0.3) is 0 Å². The van der Waals surface area contributed by atoms with Crippen LogP contribution in [0.1, 0.15) is 22.4 Å². The minimum atomic E-state index is -3.24. The highest BCUT2D eigenvalue weighted by atomic mass is 32.2. The molecule has 0 saturated heterocycles. The normalized spacial score (nSPS) is 14.7. The molecular formula is C16H19NO2S. The van der Waals surface area contributed by atoms with E-state index < -0.39 is 15.1 Å². The van der Waals surface area contributed by atoms with Gasteiger partial charge in [0, 0.05) is 6.26 Å². The molecule has 106 valence electrons. The molecule has 0 bridgehead atoms. The third-order valence-corrected chi connectivity index (χ3v) is 4.83. The summed E-state index contributed by atoms with van der Waals surface area (Å²) in [5.41, 5.74) is 1.77. The van der Waals surface area contributed by atoms with Crippen molar-refractivity contribution in [1.82, 2.24) is 5.32 Å². The number of rotatable bonds is 5. The van der Waals surface area contributed by atoms with Gasteiger partial charge in [0.15, 0.2) is 9.84 Å². The predicted octanol–water partition coefficient (Wildman–Crippen LogP) is 2.73. The minimum Gasteiger partial charge on any atom is -0.312 e. The van der Waals surface area contributed by atoms with Gasteiger partial charge < -0.3 is 5.32 Å². The second kappa shape index (κ2) is 6.20. The second-order valence-electron chi connectivity index (χ2n) is 4.84. The van der Waals surface area contributed by atoms with Crippen molar-refractivity contribution in [3.05, 3.63) is 71.8 Å². The third kappa shape index (κ3) is 3.26. The summed E-state index contributed by atoms with van der Waals surface area (Å²) in [7, 11) is -1.45. The fourth-order valence-corrected chi connectivity index (χ4v) is 3.92. The van der Waals surface area contributed by atoms with Gasteiger partial charge in [-0.05, 0) is 18.2 Å². The van der Waals surface area contributed by atoms with Crippen LogP contribution in [0.15, 0.2) is 60.7 Å². The quantitative estimate of drug-likeness (QED) is 0.920. The molecule has 1 N–H and O–H groups in total. The highest BCUT2D eigenvalue weighted by molar-refractivity contribution is 7.91. The SMILES string of the molecule is CNC(c1ccccc1)C(c1ccccc1)S(C)(=O)=O. The largest absolute Gasteiger partial charge is 0.312 e. The summed E-state index contributed by atoms with van der Waals surface area (Å²) in [5, 5.41) is 2.54. The van der Waals surface area contributed by atoms with E-state index in [1.165, 1.54) is 6.26 Å². The molecule has 0 saturated carbocycles. The molecule has 2 aromatic carbocycles. The summed E-state index contributed by atoms with van der Waals surface area (Å²) in [4.78, 5) is 0. The molecule has 4 heteroatoms. The zero-order valence-corrected chi connectivity index (χ0v) is 12.5. The lowest BCUT2D eigenvalue weighted by atomic mass is 9.98. The van der Waals surface area contributed by atoms with Crippen molar-refractivity contribution < 1.29 is 8.42 Å². The smallest absolute Gasteiger partial charge is 0.156 e. The second-order valence-corrected chi connectivity index (χ2v) is 7.00. The average Bonchev–Trinajstić information content (AvgIpc) is 2.45. The highest BCUT2D eigenvalue weighted by Crippen LogP contribution is 2.34. The summed E-state index contributed by atoms with van der Waals surface area (Å²) >= 11 is 0. The molecule has 0 aliphatic rings. The molecule has 2 aromatic rings. The van der Waals surface area contributed by atoms with Crippen LogP contribution in [0.2, 0.25) is 0 Å². The molecule has 0 aliphatic heterocycles. The Hall–Kier alpha value is -1.65. The van der Waals surface area contributed by atoms with Crippen LogP contribution >= 0.6 is 0 Å². The molecule has 20 heavy (non-hydrogen) atoms. The Labute approximate surface area is 120 Å². The Morgan fingerprint density at radius 3 is 1.70 bits per heavy atom. The summed E-state index contributed by atoms with van der Waals surface area (Å²) in [6.07, 6.45) is 1.29. The van der Waals surface area contributed by atoms with E-state index >= 15 is 0 Å². The predicted molar refractivity (Wildman–Crippen MR) is 82.3 cm³/mol. The molecular weight excluding hydrogens is 270 g/mol. The van der Waals surface area contributed by atoms with Crippen LogP contribution < -0.4 is 5.32 Å². The summed E-state index contributed by atoms with van der Waals surface area (Å²) < 4.78 is 24.5. The number of nitrogens with one attached hydrogen (secondary N) is 1. The Morgan fingerprint density at radius 1 is 0.850 bits per heavy atom. The van der Waals surface area contributed by atoms with E-state index in [9.17, 15) is 8.42 Å². The van der Waals surface area contributed by atoms with Crippen LogP contribution in [-0.2, 0) is 9.84 Å². The van der Waals surface area contributed by atoms with Crippen molar-refractivity contribution in [1.29, 1.82) is 0 Å². The van der Waals surface area contributed by atoms with Crippen LogP contribution in [-0.4, -0.2) is 21.7 Å². The molecule has 0 aliphatic carbocycles. The topological polar surface area (TPSA) is 46.2 Å². The molecule has 0 amide bonds. The number of hydrogen-bond acceptors (Lipinski definition) is 3. The van der Waals surface area contributed by atoms with E-state index in [0.29, 0.717) is 0 Å². The van der Waals surface area contributed by atoms with E-state index in [4.69, 9.17) is 0 Å². The van der Waals surface area contributed by atoms with Crippen molar-refractivity contribution in [2.75, 3.05) is 13.3 Å². The first kappa shape index (κ1) is 14.8. The first-order valence-electron chi connectivity index (χ1n) is 6.50. The maximum absolute atomic E-state index is 12.3. The van der Waals surface area contributed by atoms with E-state index in [1.807, 2.05) is 60.7 Å². The third-order valence-electron chi connectivity index (χ3n) is 3.36. The molecule has 3 nitrogen and oxygen atoms in total. The summed E-state index contributed by atoms with van der Waals surface area (Å²) in [6, 6.07) is 18.7. The lowest BCUT2D eigenvalue weighted by molar-refractivity contribution is 0.528. The van der Waals surface area contributed by atoms with Crippen molar-refractivity contribution in [3.63, 3.8) is 0 Å². The van der Waals surface area contributed by atoms with Gasteiger partial charge in [-0.25, -0.2) is 8.42 Å². The summed E-state index contributed by atoms with van der Waals surface area (Å²) in [6.45, 7) is 0. The molecule has 0 aromatic heterocycles. The van der Waals surface area contributed by atoms with Crippen molar-refractivity contribution >= 4 is 9.84 Å². The van der Waals surface area contributed by atoms with Gasteiger partial charge in [0.1, 0.15) is 5.25 Å². The molecule has 2 atom stereocenters. The zero-order chi connectivity index (χ0) is 14.6. The van der Waals surface area contributed by atoms with Gasteiger partial charge in [-0.1, -0.05) is 60.7 Å². The fraction of sp³-hybridized carbons (Fsp3) is 0.250. The van der Waals surface area contributed by atoms with Crippen LogP contribution in [0, 0.1) is 0 Å². The average molecular weight is 289 g/mol. The Bertz CT molecular complexity index is 639. The standard InChI is InChI=1S/C16H19NO2S/c1-17-15(13-9-5-3-6-10-13)16(20(2,18)19)14-11-7-4-8-12-14/h3-12,15-17H,1-2H3.